The summed E-state index contributed by atoms with van der Waals surface area (Å²) in [7, 11) is 2.17. The van der Waals surface area contributed by atoms with E-state index in [1.807, 2.05) is 11.8 Å². The fraction of sp³-hybridized carbons (Fsp3) is 1.00. The van der Waals surface area contributed by atoms with Crippen molar-refractivity contribution in [1.29, 1.82) is 0 Å². The quantitative estimate of drug-likeness (QED) is 0.466. The summed E-state index contributed by atoms with van der Waals surface area (Å²) in [5.74, 6) is 2.54. The molecule has 0 aromatic carbocycles. The molecular formula is C5H11NS. The van der Waals surface area contributed by atoms with Gasteiger partial charge in [-0.2, -0.15) is 0 Å². The van der Waals surface area contributed by atoms with Gasteiger partial charge in [0.05, 0.1) is 0 Å². The molecule has 0 radical (unpaired) electrons. The first-order chi connectivity index (χ1) is 3.30. The molecule has 42 valence electrons. The van der Waals surface area contributed by atoms with Crippen molar-refractivity contribution in [3.8, 4) is 0 Å². The molecule has 0 N–H and O–H groups in total. The first-order valence-corrected chi connectivity index (χ1v) is 3.74. The number of hydrogen-bond donors (Lipinski definition) is 0. The van der Waals surface area contributed by atoms with Gasteiger partial charge >= 0.3 is 0 Å². The van der Waals surface area contributed by atoms with Gasteiger partial charge in [0.2, 0.25) is 0 Å². The maximum atomic E-state index is 2.37. The zero-order chi connectivity index (χ0) is 5.28. The Hall–Kier alpha value is 0.310. The fourth-order valence-electron chi connectivity index (χ4n) is 0.622. The highest BCUT2D eigenvalue weighted by Gasteiger charge is 2.14. The molecule has 0 amide bonds. The summed E-state index contributed by atoms with van der Waals surface area (Å²) in [6.07, 6.45) is 0. The molecule has 1 aliphatic rings. The molecule has 1 nitrogen and oxygen atoms in total. The first kappa shape index (κ1) is 5.45. The number of nitrogens with zero attached hydrogens (tertiary/aromatic N) is 1. The topological polar surface area (TPSA) is 3.24 Å². The van der Waals surface area contributed by atoms with Crippen LogP contribution in [0.25, 0.3) is 0 Å². The van der Waals surface area contributed by atoms with Gasteiger partial charge in [-0.05, 0) is 14.0 Å². The third-order valence-corrected chi connectivity index (χ3v) is 2.71. The fourth-order valence-corrected chi connectivity index (χ4v) is 1.87. The van der Waals surface area contributed by atoms with Crippen LogP contribution in [0.4, 0.5) is 0 Å². The van der Waals surface area contributed by atoms with Crippen molar-refractivity contribution in [3.63, 3.8) is 0 Å². The maximum absolute atomic E-state index is 2.37. The minimum Gasteiger partial charge on any atom is -0.294 e. The average molecular weight is 117 g/mol. The lowest BCUT2D eigenvalue weighted by molar-refractivity contribution is 0.344. The summed E-state index contributed by atoms with van der Waals surface area (Å²) in [5.41, 5.74) is 0. The van der Waals surface area contributed by atoms with E-state index in [1.165, 1.54) is 11.6 Å². The zero-order valence-electron chi connectivity index (χ0n) is 4.85. The van der Waals surface area contributed by atoms with E-state index in [-0.39, 0.29) is 0 Å². The molecule has 0 bridgehead atoms. The molecule has 0 aromatic heterocycles. The Balaban J connectivity index is 2.33. The number of rotatable bonds is 0. The lowest BCUT2D eigenvalue weighted by Crippen LogP contribution is -2.22. The van der Waals surface area contributed by atoms with Gasteiger partial charge in [0, 0.05) is 17.7 Å². The Morgan fingerprint density at radius 1 is 1.71 bits per heavy atom. The molecule has 1 aliphatic heterocycles. The van der Waals surface area contributed by atoms with Gasteiger partial charge in [0.25, 0.3) is 0 Å². The summed E-state index contributed by atoms with van der Waals surface area (Å²) < 4.78 is 0. The van der Waals surface area contributed by atoms with Crippen LogP contribution < -0.4 is 0 Å². The Labute approximate surface area is 49.1 Å². The maximum Gasteiger partial charge on any atom is 0.0444 e. The smallest absolute Gasteiger partial charge is 0.0444 e. The molecule has 7 heavy (non-hydrogen) atoms. The molecule has 1 rings (SSSR count). The van der Waals surface area contributed by atoms with Gasteiger partial charge in [0.1, 0.15) is 0 Å². The summed E-state index contributed by atoms with van der Waals surface area (Å²) in [4.78, 5) is 2.37. The minimum atomic E-state index is 0.810. The predicted octanol–water partition coefficient (Wildman–Crippen LogP) is 1.01. The van der Waals surface area contributed by atoms with Crippen LogP contribution in [-0.2, 0) is 0 Å². The van der Waals surface area contributed by atoms with Crippen molar-refractivity contribution in [2.24, 2.45) is 0 Å². The second-order valence-electron chi connectivity index (χ2n) is 2.11. The van der Waals surface area contributed by atoms with Crippen molar-refractivity contribution in [1.82, 2.24) is 4.90 Å². The van der Waals surface area contributed by atoms with Gasteiger partial charge < -0.3 is 0 Å². The Kier molecular flexibility index (Phi) is 1.60. The van der Waals surface area contributed by atoms with Crippen LogP contribution in [0.3, 0.4) is 0 Å². The van der Waals surface area contributed by atoms with Crippen molar-refractivity contribution in [3.05, 3.63) is 0 Å². The Morgan fingerprint density at radius 3 is 2.57 bits per heavy atom. The van der Waals surface area contributed by atoms with Gasteiger partial charge in [-0.15, -0.1) is 11.8 Å². The SMILES string of the molecule is C[C@@H]1CSCN1C. The van der Waals surface area contributed by atoms with Crippen molar-refractivity contribution in [2.75, 3.05) is 18.7 Å². The molecular weight excluding hydrogens is 106 g/mol. The van der Waals surface area contributed by atoms with E-state index in [1.54, 1.807) is 0 Å². The Bertz CT molecular complexity index is 57.1. The normalized spacial score (nSPS) is 34.3. The highest BCUT2D eigenvalue weighted by atomic mass is 32.2. The second-order valence-corrected chi connectivity index (χ2v) is 3.11. The zero-order valence-corrected chi connectivity index (χ0v) is 5.66. The van der Waals surface area contributed by atoms with Gasteiger partial charge in [-0.3, -0.25) is 4.90 Å². The molecule has 0 spiro atoms. The summed E-state index contributed by atoms with van der Waals surface area (Å²) in [5, 5.41) is 0. The van der Waals surface area contributed by atoms with Crippen LogP contribution >= 0.6 is 11.8 Å². The van der Waals surface area contributed by atoms with Crippen LogP contribution in [0.15, 0.2) is 0 Å². The van der Waals surface area contributed by atoms with Crippen LogP contribution in [0.2, 0.25) is 0 Å². The van der Waals surface area contributed by atoms with E-state index in [9.17, 15) is 0 Å². The standard InChI is InChI=1S/C5H11NS/c1-5-3-7-4-6(5)2/h5H,3-4H2,1-2H3/t5-/m1/s1. The molecule has 1 atom stereocenters. The van der Waals surface area contributed by atoms with Crippen LogP contribution in [0.1, 0.15) is 6.92 Å². The second kappa shape index (κ2) is 2.05. The first-order valence-electron chi connectivity index (χ1n) is 2.58. The van der Waals surface area contributed by atoms with Crippen molar-refractivity contribution < 1.29 is 0 Å². The van der Waals surface area contributed by atoms with Gasteiger partial charge in [-0.1, -0.05) is 0 Å². The van der Waals surface area contributed by atoms with Gasteiger partial charge in [-0.25, -0.2) is 0 Å². The average Bonchev–Trinajstić information content (AvgIpc) is 1.91. The number of thioether (sulfide) groups is 1. The van der Waals surface area contributed by atoms with Crippen LogP contribution in [0, 0.1) is 0 Å². The van der Waals surface area contributed by atoms with Crippen molar-refractivity contribution >= 4 is 11.8 Å². The molecule has 1 fully saturated rings. The summed E-state index contributed by atoms with van der Waals surface area (Å²) >= 11 is 2.02. The molecule has 1 saturated heterocycles. The number of hydrogen-bond acceptors (Lipinski definition) is 2. The van der Waals surface area contributed by atoms with Crippen LogP contribution in [0.5, 0.6) is 0 Å². The van der Waals surface area contributed by atoms with E-state index < -0.39 is 0 Å². The highest BCUT2D eigenvalue weighted by molar-refractivity contribution is 7.99. The van der Waals surface area contributed by atoms with Gasteiger partial charge in [0.15, 0.2) is 0 Å². The third kappa shape index (κ3) is 1.10. The molecule has 0 aliphatic carbocycles. The summed E-state index contributed by atoms with van der Waals surface area (Å²) in [6, 6.07) is 0.810. The van der Waals surface area contributed by atoms with E-state index in [0.29, 0.717) is 0 Å². The monoisotopic (exact) mass is 117 g/mol. The highest BCUT2D eigenvalue weighted by Crippen LogP contribution is 2.16. The molecule has 2 heteroatoms. The van der Waals surface area contributed by atoms with E-state index in [2.05, 4.69) is 18.9 Å². The lowest BCUT2D eigenvalue weighted by Gasteiger charge is -2.10. The third-order valence-electron chi connectivity index (χ3n) is 1.41. The lowest BCUT2D eigenvalue weighted by atomic mass is 10.4. The molecule has 0 aromatic rings. The van der Waals surface area contributed by atoms with E-state index in [4.69, 9.17) is 0 Å². The van der Waals surface area contributed by atoms with E-state index >= 15 is 0 Å². The minimum absolute atomic E-state index is 0.810. The largest absolute Gasteiger partial charge is 0.294 e. The molecule has 1 heterocycles. The van der Waals surface area contributed by atoms with Crippen LogP contribution in [-0.4, -0.2) is 29.6 Å². The predicted molar refractivity (Wildman–Crippen MR) is 34.5 cm³/mol. The summed E-state index contributed by atoms with van der Waals surface area (Å²) in [6.45, 7) is 2.26. The Morgan fingerprint density at radius 2 is 2.43 bits per heavy atom. The molecule has 0 unspecified atom stereocenters. The van der Waals surface area contributed by atoms with Crippen molar-refractivity contribution in [2.45, 2.75) is 13.0 Å². The molecule has 0 saturated carbocycles. The van der Waals surface area contributed by atoms with E-state index in [0.717, 1.165) is 6.04 Å².